The number of rotatable bonds is 6. The summed E-state index contributed by atoms with van der Waals surface area (Å²) in [4.78, 5) is 0. The number of hydrogen-bond acceptors (Lipinski definition) is 2. The maximum atomic E-state index is 13.1. The van der Waals surface area contributed by atoms with E-state index in [0.717, 1.165) is 17.3 Å². The van der Waals surface area contributed by atoms with Crippen LogP contribution in [0.2, 0.25) is 0 Å². The summed E-state index contributed by atoms with van der Waals surface area (Å²) in [7, 11) is 0. The van der Waals surface area contributed by atoms with Crippen LogP contribution < -0.4 is 0 Å². The van der Waals surface area contributed by atoms with Crippen molar-refractivity contribution in [3.63, 3.8) is 0 Å². The molecule has 2 atom stereocenters. The van der Waals surface area contributed by atoms with E-state index >= 15 is 0 Å². The molecular formula is C14H20BrFO2. The lowest BCUT2D eigenvalue weighted by molar-refractivity contribution is -0.0188. The molecule has 0 saturated carbocycles. The van der Waals surface area contributed by atoms with Gasteiger partial charge in [0, 0.05) is 10.9 Å². The van der Waals surface area contributed by atoms with Crippen molar-refractivity contribution in [2.24, 2.45) is 5.92 Å². The lowest BCUT2D eigenvalue weighted by Gasteiger charge is -2.25. The normalized spacial score (nSPS) is 14.8. The van der Waals surface area contributed by atoms with E-state index in [0.29, 0.717) is 5.56 Å². The topological polar surface area (TPSA) is 40.5 Å². The molecule has 0 aliphatic heterocycles. The van der Waals surface area contributed by atoms with Crippen molar-refractivity contribution in [2.45, 2.75) is 45.3 Å². The zero-order valence-corrected chi connectivity index (χ0v) is 12.3. The highest BCUT2D eigenvalue weighted by molar-refractivity contribution is 9.10. The Morgan fingerprint density at radius 2 is 1.83 bits per heavy atom. The Bertz CT molecular complexity index is 380. The quantitative estimate of drug-likeness (QED) is 0.845. The second-order valence-corrected chi connectivity index (χ2v) is 5.43. The second-order valence-electron chi connectivity index (χ2n) is 4.57. The van der Waals surface area contributed by atoms with E-state index in [1.807, 2.05) is 13.8 Å². The summed E-state index contributed by atoms with van der Waals surface area (Å²) in [5, 5.41) is 20.1. The summed E-state index contributed by atoms with van der Waals surface area (Å²) in [6, 6.07) is 4.35. The maximum Gasteiger partial charge on any atom is 0.123 e. The van der Waals surface area contributed by atoms with Gasteiger partial charge >= 0.3 is 0 Å². The molecule has 0 radical (unpaired) electrons. The van der Waals surface area contributed by atoms with E-state index in [2.05, 4.69) is 15.9 Å². The number of benzene rings is 1. The number of aliphatic hydroxyl groups excluding tert-OH is 2. The van der Waals surface area contributed by atoms with E-state index in [4.69, 9.17) is 0 Å². The van der Waals surface area contributed by atoms with Gasteiger partial charge in [0.05, 0.1) is 12.2 Å². The van der Waals surface area contributed by atoms with Gasteiger partial charge in [0.25, 0.3) is 0 Å². The molecule has 1 aromatic carbocycles. The summed E-state index contributed by atoms with van der Waals surface area (Å²) < 4.78 is 13.9. The fourth-order valence-corrected chi connectivity index (χ4v) is 2.54. The Morgan fingerprint density at radius 1 is 1.22 bits per heavy atom. The van der Waals surface area contributed by atoms with Gasteiger partial charge in [-0.2, -0.15) is 0 Å². The first kappa shape index (κ1) is 15.6. The minimum atomic E-state index is -0.868. The Hall–Kier alpha value is -0.450. The predicted octanol–water partition coefficient (Wildman–Crippen LogP) is 3.29. The van der Waals surface area contributed by atoms with Crippen molar-refractivity contribution in [3.05, 3.63) is 34.1 Å². The maximum absolute atomic E-state index is 13.1. The molecule has 18 heavy (non-hydrogen) atoms. The van der Waals surface area contributed by atoms with Crippen LogP contribution in [0, 0.1) is 11.7 Å². The van der Waals surface area contributed by atoms with Gasteiger partial charge in [0.15, 0.2) is 0 Å². The van der Waals surface area contributed by atoms with E-state index in [-0.39, 0.29) is 18.2 Å². The molecule has 4 heteroatoms. The molecule has 0 fully saturated rings. The minimum Gasteiger partial charge on any atom is -0.390 e. The van der Waals surface area contributed by atoms with E-state index in [1.165, 1.54) is 12.1 Å². The average Bonchev–Trinajstić information content (AvgIpc) is 2.35. The Morgan fingerprint density at radius 3 is 2.39 bits per heavy atom. The van der Waals surface area contributed by atoms with Gasteiger partial charge in [-0.15, -0.1) is 0 Å². The molecule has 0 bridgehead atoms. The first-order chi connectivity index (χ1) is 8.49. The van der Waals surface area contributed by atoms with Gasteiger partial charge in [0.1, 0.15) is 5.82 Å². The average molecular weight is 319 g/mol. The standard InChI is InChI=1S/C14H20BrFO2/c1-3-9(4-2)14(18)13(17)8-10-7-11(16)5-6-12(10)15/h5-7,9,13-14,17-18H,3-4,8H2,1-2H3. The van der Waals surface area contributed by atoms with Crippen LogP contribution in [0.5, 0.6) is 0 Å². The Balaban J connectivity index is 2.74. The zero-order valence-electron chi connectivity index (χ0n) is 10.7. The van der Waals surface area contributed by atoms with Crippen molar-refractivity contribution < 1.29 is 14.6 Å². The van der Waals surface area contributed by atoms with Gasteiger partial charge in [0.2, 0.25) is 0 Å². The van der Waals surface area contributed by atoms with Crippen molar-refractivity contribution in [2.75, 3.05) is 0 Å². The summed E-state index contributed by atoms with van der Waals surface area (Å²) in [5.41, 5.74) is 0.674. The monoisotopic (exact) mass is 318 g/mol. The molecule has 1 rings (SSSR count). The van der Waals surface area contributed by atoms with Crippen molar-refractivity contribution in [1.82, 2.24) is 0 Å². The van der Waals surface area contributed by atoms with Crippen molar-refractivity contribution in [1.29, 1.82) is 0 Å². The third-order valence-corrected chi connectivity index (χ3v) is 4.14. The van der Waals surface area contributed by atoms with Crippen LogP contribution in [-0.4, -0.2) is 22.4 Å². The molecule has 102 valence electrons. The van der Waals surface area contributed by atoms with Crippen LogP contribution >= 0.6 is 15.9 Å². The highest BCUT2D eigenvalue weighted by Gasteiger charge is 2.24. The predicted molar refractivity (Wildman–Crippen MR) is 73.9 cm³/mol. The van der Waals surface area contributed by atoms with E-state index < -0.39 is 12.2 Å². The smallest absolute Gasteiger partial charge is 0.123 e. The molecular weight excluding hydrogens is 299 g/mol. The fourth-order valence-electron chi connectivity index (χ4n) is 2.13. The summed E-state index contributed by atoms with van der Waals surface area (Å²) in [6.45, 7) is 3.98. The lowest BCUT2D eigenvalue weighted by atomic mass is 9.90. The Labute approximate surface area is 116 Å². The molecule has 0 amide bonds. The molecule has 0 aliphatic carbocycles. The molecule has 0 aromatic heterocycles. The van der Waals surface area contributed by atoms with Crippen LogP contribution in [0.3, 0.4) is 0 Å². The number of halogens is 2. The van der Waals surface area contributed by atoms with Gasteiger partial charge in [-0.1, -0.05) is 42.6 Å². The molecule has 0 spiro atoms. The molecule has 0 heterocycles. The summed E-state index contributed by atoms with van der Waals surface area (Å²) >= 11 is 3.32. The zero-order chi connectivity index (χ0) is 13.7. The van der Waals surface area contributed by atoms with Crippen LogP contribution in [-0.2, 0) is 6.42 Å². The van der Waals surface area contributed by atoms with Gasteiger partial charge in [-0.3, -0.25) is 0 Å². The third kappa shape index (κ3) is 4.04. The van der Waals surface area contributed by atoms with Crippen LogP contribution in [0.25, 0.3) is 0 Å². The van der Waals surface area contributed by atoms with Crippen LogP contribution in [0.15, 0.2) is 22.7 Å². The Kier molecular flexibility index (Phi) is 6.26. The first-order valence-electron chi connectivity index (χ1n) is 6.29. The molecule has 0 saturated heterocycles. The van der Waals surface area contributed by atoms with Gasteiger partial charge in [-0.25, -0.2) is 4.39 Å². The summed E-state index contributed by atoms with van der Waals surface area (Å²) in [6.07, 6.45) is 0.247. The van der Waals surface area contributed by atoms with Crippen molar-refractivity contribution in [3.8, 4) is 0 Å². The first-order valence-corrected chi connectivity index (χ1v) is 7.08. The van der Waals surface area contributed by atoms with E-state index in [9.17, 15) is 14.6 Å². The van der Waals surface area contributed by atoms with Gasteiger partial charge < -0.3 is 10.2 Å². The lowest BCUT2D eigenvalue weighted by Crippen LogP contribution is -2.34. The number of hydrogen-bond donors (Lipinski definition) is 2. The molecule has 2 unspecified atom stereocenters. The van der Waals surface area contributed by atoms with Gasteiger partial charge in [-0.05, 0) is 29.7 Å². The van der Waals surface area contributed by atoms with Crippen LogP contribution in [0.1, 0.15) is 32.3 Å². The molecule has 2 N–H and O–H groups in total. The highest BCUT2D eigenvalue weighted by Crippen LogP contribution is 2.23. The minimum absolute atomic E-state index is 0.0762. The summed E-state index contributed by atoms with van der Waals surface area (Å²) in [5.74, 6) is -0.259. The number of aliphatic hydroxyl groups is 2. The second kappa shape index (κ2) is 7.22. The van der Waals surface area contributed by atoms with Crippen LogP contribution in [0.4, 0.5) is 4.39 Å². The third-order valence-electron chi connectivity index (χ3n) is 3.36. The highest BCUT2D eigenvalue weighted by atomic mass is 79.9. The SMILES string of the molecule is CCC(CC)C(O)C(O)Cc1cc(F)ccc1Br. The van der Waals surface area contributed by atoms with E-state index in [1.54, 1.807) is 6.07 Å². The molecule has 2 nitrogen and oxygen atoms in total. The fraction of sp³-hybridized carbons (Fsp3) is 0.571. The largest absolute Gasteiger partial charge is 0.390 e. The molecule has 1 aromatic rings. The molecule has 0 aliphatic rings. The van der Waals surface area contributed by atoms with Crippen molar-refractivity contribution >= 4 is 15.9 Å².